The first-order valence-electron chi connectivity index (χ1n) is 14.7. The lowest BCUT2D eigenvalue weighted by Gasteiger charge is -2.39. The van der Waals surface area contributed by atoms with Gasteiger partial charge in [-0.2, -0.15) is 0 Å². The van der Waals surface area contributed by atoms with Crippen molar-refractivity contribution in [1.82, 2.24) is 14.7 Å². The van der Waals surface area contributed by atoms with Gasteiger partial charge >= 0.3 is 6.09 Å². The maximum atomic E-state index is 13.2. The van der Waals surface area contributed by atoms with E-state index in [4.69, 9.17) is 4.74 Å². The van der Waals surface area contributed by atoms with E-state index in [1.54, 1.807) is 7.05 Å². The molecular formula is C34H43N3O4. The molecule has 1 N–H and O–H groups in total. The molecule has 3 aromatic rings. The molecule has 2 amide bonds. The number of rotatable bonds is 13. The Kier molecular flexibility index (Phi) is 11.2. The molecule has 0 spiro atoms. The molecule has 1 atom stereocenters. The fraction of sp³-hybridized carbons (Fsp3) is 0.412. The summed E-state index contributed by atoms with van der Waals surface area (Å²) in [6.07, 6.45) is 2.65. The van der Waals surface area contributed by atoms with Crippen molar-refractivity contribution in [1.29, 1.82) is 0 Å². The molecule has 1 aliphatic rings. The highest BCUT2D eigenvalue weighted by atomic mass is 16.5. The number of carbonyl (C=O) groups excluding carboxylic acids is 1. The van der Waals surface area contributed by atoms with Gasteiger partial charge in [0.2, 0.25) is 5.91 Å². The number of hydrogen-bond acceptors (Lipinski definition) is 4. The van der Waals surface area contributed by atoms with Gasteiger partial charge in [-0.1, -0.05) is 85.8 Å². The lowest BCUT2D eigenvalue weighted by atomic mass is 10.0. The van der Waals surface area contributed by atoms with Crippen molar-refractivity contribution in [2.75, 3.05) is 33.2 Å². The Morgan fingerprint density at radius 1 is 0.951 bits per heavy atom. The Morgan fingerprint density at radius 2 is 1.59 bits per heavy atom. The number of ether oxygens (including phenoxy) is 1. The zero-order valence-electron chi connectivity index (χ0n) is 24.3. The molecule has 4 rings (SSSR count). The van der Waals surface area contributed by atoms with Crippen molar-refractivity contribution in [3.8, 4) is 5.75 Å². The predicted molar refractivity (Wildman–Crippen MR) is 162 cm³/mol. The normalized spacial score (nSPS) is 14.8. The number of piperidine rings is 1. The summed E-state index contributed by atoms with van der Waals surface area (Å²) in [4.78, 5) is 30.4. The fourth-order valence-corrected chi connectivity index (χ4v) is 5.46. The van der Waals surface area contributed by atoms with Crippen molar-refractivity contribution in [3.63, 3.8) is 0 Å². The van der Waals surface area contributed by atoms with Crippen molar-refractivity contribution < 1.29 is 19.4 Å². The lowest BCUT2D eigenvalue weighted by Crippen LogP contribution is -2.47. The maximum absolute atomic E-state index is 13.2. The Labute approximate surface area is 244 Å². The molecule has 1 fully saturated rings. The second-order valence-electron chi connectivity index (χ2n) is 10.8. The molecule has 0 saturated carbocycles. The molecule has 7 nitrogen and oxygen atoms in total. The number of hydrogen-bond donors (Lipinski definition) is 1. The molecule has 1 saturated heterocycles. The van der Waals surface area contributed by atoms with Crippen LogP contribution in [-0.4, -0.2) is 71.1 Å². The standard InChI is InChI=1S/C34H43N3O4/c1-3-33(38)37(30-19-24-36(25-20-30)23-18-27-12-6-4-7-13-27)26-29-16-10-11-17-31(29)41-32(21-22-35(2)34(39)40)28-14-8-5-9-15-28/h4-17,30,32H,3,18-26H2,1-2H3,(H,39,40). The van der Waals surface area contributed by atoms with Gasteiger partial charge < -0.3 is 24.5 Å². The van der Waals surface area contributed by atoms with E-state index in [-0.39, 0.29) is 18.1 Å². The zero-order valence-corrected chi connectivity index (χ0v) is 24.3. The third-order valence-electron chi connectivity index (χ3n) is 7.99. The van der Waals surface area contributed by atoms with Crippen LogP contribution < -0.4 is 4.74 Å². The van der Waals surface area contributed by atoms with Crippen LogP contribution in [0.4, 0.5) is 4.79 Å². The molecular weight excluding hydrogens is 514 g/mol. The molecule has 0 radical (unpaired) electrons. The predicted octanol–water partition coefficient (Wildman–Crippen LogP) is 6.25. The van der Waals surface area contributed by atoms with Gasteiger partial charge in [0.25, 0.3) is 0 Å². The van der Waals surface area contributed by atoms with E-state index in [0.717, 1.165) is 55.8 Å². The lowest BCUT2D eigenvalue weighted by molar-refractivity contribution is -0.135. The topological polar surface area (TPSA) is 73.3 Å². The zero-order chi connectivity index (χ0) is 29.0. The highest BCUT2D eigenvalue weighted by Gasteiger charge is 2.28. The molecule has 41 heavy (non-hydrogen) atoms. The Hall–Kier alpha value is -3.84. The number of nitrogens with zero attached hydrogens (tertiary/aromatic N) is 3. The third-order valence-corrected chi connectivity index (χ3v) is 7.99. The summed E-state index contributed by atoms with van der Waals surface area (Å²) < 4.78 is 6.59. The molecule has 0 aliphatic carbocycles. The van der Waals surface area contributed by atoms with E-state index in [2.05, 4.69) is 35.2 Å². The maximum Gasteiger partial charge on any atom is 0.407 e. The first-order chi connectivity index (χ1) is 19.9. The van der Waals surface area contributed by atoms with Crippen LogP contribution in [-0.2, 0) is 17.8 Å². The van der Waals surface area contributed by atoms with Crippen molar-refractivity contribution >= 4 is 12.0 Å². The number of para-hydroxylation sites is 1. The second kappa shape index (κ2) is 15.2. The average molecular weight is 558 g/mol. The quantitative estimate of drug-likeness (QED) is 0.269. The number of carboxylic acid groups (broad SMARTS) is 1. The van der Waals surface area contributed by atoms with Gasteiger partial charge in [-0.15, -0.1) is 0 Å². The molecule has 7 heteroatoms. The Bertz CT molecular complexity index is 1230. The largest absolute Gasteiger partial charge is 0.485 e. The minimum absolute atomic E-state index is 0.158. The molecule has 218 valence electrons. The molecule has 1 aliphatic heterocycles. The Balaban J connectivity index is 1.44. The highest BCUT2D eigenvalue weighted by Crippen LogP contribution is 2.30. The minimum atomic E-state index is -0.961. The van der Waals surface area contributed by atoms with Crippen LogP contribution in [0.15, 0.2) is 84.9 Å². The Morgan fingerprint density at radius 3 is 2.24 bits per heavy atom. The number of benzene rings is 3. The van der Waals surface area contributed by atoms with Crippen molar-refractivity contribution in [3.05, 3.63) is 102 Å². The van der Waals surface area contributed by atoms with Crippen LogP contribution in [0.2, 0.25) is 0 Å². The van der Waals surface area contributed by atoms with Gasteiger partial charge in [0.05, 0.1) is 0 Å². The summed E-state index contributed by atoms with van der Waals surface area (Å²) in [5.74, 6) is 0.888. The molecule has 3 aromatic carbocycles. The third kappa shape index (κ3) is 8.82. The molecule has 0 bridgehead atoms. The molecule has 0 aromatic heterocycles. The van der Waals surface area contributed by atoms with Crippen LogP contribution in [0, 0.1) is 0 Å². The fourth-order valence-electron chi connectivity index (χ4n) is 5.46. The van der Waals surface area contributed by atoms with E-state index < -0.39 is 6.09 Å². The van der Waals surface area contributed by atoms with Crippen molar-refractivity contribution in [2.24, 2.45) is 0 Å². The summed E-state index contributed by atoms with van der Waals surface area (Å²) in [7, 11) is 1.57. The average Bonchev–Trinajstić information content (AvgIpc) is 3.02. The van der Waals surface area contributed by atoms with E-state index >= 15 is 0 Å². The van der Waals surface area contributed by atoms with E-state index in [1.807, 2.05) is 66.4 Å². The van der Waals surface area contributed by atoms with Crippen LogP contribution in [0.3, 0.4) is 0 Å². The monoisotopic (exact) mass is 557 g/mol. The summed E-state index contributed by atoms with van der Waals surface area (Å²) in [6.45, 7) is 5.77. The summed E-state index contributed by atoms with van der Waals surface area (Å²) in [5, 5.41) is 9.34. The van der Waals surface area contributed by atoms with Gasteiger partial charge in [0.1, 0.15) is 11.9 Å². The first-order valence-corrected chi connectivity index (χ1v) is 14.7. The van der Waals surface area contributed by atoms with E-state index in [1.165, 1.54) is 10.5 Å². The first kappa shape index (κ1) is 30.1. The number of likely N-dealkylation sites (tertiary alicyclic amines) is 1. The van der Waals surface area contributed by atoms with Gasteiger partial charge in [-0.25, -0.2) is 4.79 Å². The van der Waals surface area contributed by atoms with Crippen LogP contribution in [0.5, 0.6) is 5.75 Å². The smallest absolute Gasteiger partial charge is 0.407 e. The minimum Gasteiger partial charge on any atom is -0.485 e. The second-order valence-corrected chi connectivity index (χ2v) is 10.8. The van der Waals surface area contributed by atoms with Crippen LogP contribution >= 0.6 is 0 Å². The van der Waals surface area contributed by atoms with Gasteiger partial charge in [0.15, 0.2) is 0 Å². The van der Waals surface area contributed by atoms with Crippen LogP contribution in [0.25, 0.3) is 0 Å². The van der Waals surface area contributed by atoms with Crippen molar-refractivity contribution in [2.45, 2.75) is 57.7 Å². The van der Waals surface area contributed by atoms with Gasteiger partial charge in [-0.05, 0) is 36.5 Å². The van der Waals surface area contributed by atoms with Crippen LogP contribution in [0.1, 0.15) is 55.4 Å². The SMILES string of the molecule is CCC(=O)N(Cc1ccccc1OC(CCN(C)C(=O)O)c1ccccc1)C1CCN(CCc2ccccc2)CC1. The number of carbonyl (C=O) groups is 2. The summed E-state index contributed by atoms with van der Waals surface area (Å²) in [6, 6.07) is 28.6. The summed E-state index contributed by atoms with van der Waals surface area (Å²) in [5.41, 5.74) is 3.32. The molecule has 1 heterocycles. The van der Waals surface area contributed by atoms with E-state index in [9.17, 15) is 14.7 Å². The van der Waals surface area contributed by atoms with E-state index in [0.29, 0.717) is 25.9 Å². The van der Waals surface area contributed by atoms with Gasteiger partial charge in [0, 0.05) is 64.2 Å². The summed E-state index contributed by atoms with van der Waals surface area (Å²) >= 11 is 0. The molecule has 1 unspecified atom stereocenters. The highest BCUT2D eigenvalue weighted by molar-refractivity contribution is 5.76. The number of amides is 2. The van der Waals surface area contributed by atoms with Gasteiger partial charge in [-0.3, -0.25) is 4.79 Å².